The number of fused-ring (bicyclic) bond motifs is 3. The maximum absolute atomic E-state index is 17.2. The van der Waals surface area contributed by atoms with E-state index in [2.05, 4.69) is 30.0 Å². The molecule has 74 heavy (non-hydrogen) atoms. The third kappa shape index (κ3) is 9.07. The van der Waals surface area contributed by atoms with Gasteiger partial charge in [0.1, 0.15) is 40.3 Å². The number of piperazine rings is 1. The van der Waals surface area contributed by atoms with Crippen LogP contribution >= 0.6 is 0 Å². The number of aromatic nitrogens is 3. The number of aliphatic hydroxyl groups is 1. The number of alkyl halides is 1. The van der Waals surface area contributed by atoms with Gasteiger partial charge in [0.05, 0.1) is 17.6 Å². The third-order valence-electron chi connectivity index (χ3n) is 17.5. The third-order valence-corrected chi connectivity index (χ3v) is 17.5. The van der Waals surface area contributed by atoms with Crippen molar-refractivity contribution >= 4 is 50.9 Å². The summed E-state index contributed by atoms with van der Waals surface area (Å²) in [5.74, 6) is -1.76. The Morgan fingerprint density at radius 1 is 0.851 bits per heavy atom. The van der Waals surface area contributed by atoms with Gasteiger partial charge in [-0.2, -0.15) is 9.97 Å². The standard InChI is InChI=1S/C56H64F3N9O6/c1-3-38-42(57)8-5-34-24-37(69)25-40(45(34)38)47-46(58)48-41(26-60-47)49(67-18-4-11-53(2,73)28-67)63-52(62-48)74-33-55(12-13-55)31-65-29-54(30-65)14-16-56(59,17-15-54)32-64-19-21-66(22-20-64)36-6-7-39-35(23-36)27-68(51(39)72)43-9-10-44(70)61-50(43)71/h5-8,23-26,43,69,73H,3-4,9-22,27-33H2,1-2H3,(H,61,70,71)/t43-,53+/m0/s1. The van der Waals surface area contributed by atoms with Crippen molar-refractivity contribution in [2.24, 2.45) is 10.8 Å². The molecule has 3 amide bonds. The summed E-state index contributed by atoms with van der Waals surface area (Å²) in [5, 5.41) is 25.6. The van der Waals surface area contributed by atoms with Crippen LogP contribution < -0.4 is 19.9 Å². The molecule has 1 spiro atoms. The highest BCUT2D eigenvalue weighted by Gasteiger charge is 2.54. The van der Waals surface area contributed by atoms with Crippen molar-refractivity contribution < 1.29 is 42.5 Å². The van der Waals surface area contributed by atoms with E-state index in [-0.39, 0.29) is 64.1 Å². The summed E-state index contributed by atoms with van der Waals surface area (Å²) < 4.78 is 55.4. The molecule has 7 aliphatic rings. The van der Waals surface area contributed by atoms with E-state index in [0.29, 0.717) is 97.9 Å². The number of phenols is 1. The first kappa shape index (κ1) is 48.8. The number of phenolic OH excluding ortho intramolecular Hbond substituents is 1. The van der Waals surface area contributed by atoms with Gasteiger partial charge < -0.3 is 34.5 Å². The number of hydrogen-bond donors (Lipinski definition) is 3. The first-order valence-corrected chi connectivity index (χ1v) is 26.6. The molecule has 3 N–H and O–H groups in total. The zero-order valence-electron chi connectivity index (χ0n) is 42.2. The second-order valence-electron chi connectivity index (χ2n) is 23.1. The molecule has 0 unspecified atom stereocenters. The van der Waals surface area contributed by atoms with E-state index in [0.717, 1.165) is 82.7 Å². The van der Waals surface area contributed by atoms with Crippen LogP contribution in [0.2, 0.25) is 0 Å². The second-order valence-corrected chi connectivity index (χ2v) is 23.1. The van der Waals surface area contributed by atoms with Crippen LogP contribution in [0.5, 0.6) is 11.8 Å². The van der Waals surface area contributed by atoms with Gasteiger partial charge in [0.25, 0.3) is 5.91 Å². The van der Waals surface area contributed by atoms with Gasteiger partial charge in [-0.15, -0.1) is 0 Å². The Bertz CT molecular complexity index is 3090. The molecule has 2 aromatic heterocycles. The van der Waals surface area contributed by atoms with E-state index < -0.39 is 34.9 Å². The normalized spacial score (nSPS) is 24.6. The smallest absolute Gasteiger partial charge is 0.319 e. The Morgan fingerprint density at radius 2 is 1.64 bits per heavy atom. The zero-order chi connectivity index (χ0) is 51.3. The number of hydrogen-bond acceptors (Lipinski definition) is 13. The number of β-amino-alcohol motifs (C(OH)–C–C–N with tert-alkyl or cyclic N) is 1. The number of likely N-dealkylation sites (tertiary alicyclic amines) is 1. The Kier molecular flexibility index (Phi) is 12.1. The first-order chi connectivity index (χ1) is 35.5. The van der Waals surface area contributed by atoms with Gasteiger partial charge in [-0.05, 0) is 135 Å². The number of carbonyl (C=O) groups excluding carboxylic acids is 3. The summed E-state index contributed by atoms with van der Waals surface area (Å²) in [6.45, 7) is 11.2. The number of benzene rings is 3. The highest BCUT2D eigenvalue weighted by Crippen LogP contribution is 2.53. The minimum atomic E-state index is -1.24. The van der Waals surface area contributed by atoms with E-state index >= 15 is 13.2 Å². The number of aromatic hydroxyl groups is 1. The maximum Gasteiger partial charge on any atom is 0.319 e. The van der Waals surface area contributed by atoms with Gasteiger partial charge >= 0.3 is 6.01 Å². The largest absolute Gasteiger partial charge is 0.508 e. The van der Waals surface area contributed by atoms with Crippen LogP contribution in [0.15, 0.2) is 48.7 Å². The molecule has 5 aliphatic heterocycles. The fourth-order valence-electron chi connectivity index (χ4n) is 13.2. The average Bonchev–Trinajstić information content (AvgIpc) is 4.06. The zero-order valence-corrected chi connectivity index (χ0v) is 42.2. The highest BCUT2D eigenvalue weighted by molar-refractivity contribution is 6.06. The number of nitrogens with zero attached hydrogens (tertiary/aromatic N) is 8. The molecule has 2 atom stereocenters. The molecule has 18 heteroatoms. The van der Waals surface area contributed by atoms with Gasteiger partial charge in [0.15, 0.2) is 5.82 Å². The molecule has 6 fully saturated rings. The number of amides is 3. The lowest BCUT2D eigenvalue weighted by molar-refractivity contribution is -0.136. The van der Waals surface area contributed by atoms with Crippen molar-refractivity contribution in [3.05, 3.63) is 77.0 Å². The number of nitrogens with one attached hydrogen (secondary N) is 1. The molecule has 7 heterocycles. The molecule has 390 valence electrons. The summed E-state index contributed by atoms with van der Waals surface area (Å²) >= 11 is 0. The van der Waals surface area contributed by atoms with Crippen molar-refractivity contribution in [3.63, 3.8) is 0 Å². The Hall–Kier alpha value is -6.11. The van der Waals surface area contributed by atoms with Crippen LogP contribution in [0.4, 0.5) is 24.7 Å². The summed E-state index contributed by atoms with van der Waals surface area (Å²) in [6, 6.07) is 11.1. The van der Waals surface area contributed by atoms with E-state index in [4.69, 9.17) is 9.72 Å². The number of carbonyl (C=O) groups is 3. The second kappa shape index (κ2) is 18.3. The van der Waals surface area contributed by atoms with Gasteiger partial charge in [0.2, 0.25) is 11.8 Å². The lowest BCUT2D eigenvalue weighted by Crippen LogP contribution is -2.61. The van der Waals surface area contributed by atoms with Gasteiger partial charge in [-0.3, -0.25) is 29.6 Å². The van der Waals surface area contributed by atoms with Crippen LogP contribution in [-0.2, 0) is 22.6 Å². The van der Waals surface area contributed by atoms with Crippen molar-refractivity contribution in [3.8, 4) is 23.0 Å². The topological polar surface area (TPSA) is 168 Å². The predicted octanol–water partition coefficient (Wildman–Crippen LogP) is 7.07. The van der Waals surface area contributed by atoms with Gasteiger partial charge in [-0.1, -0.05) is 13.0 Å². The monoisotopic (exact) mass is 1020 g/mol. The predicted molar refractivity (Wildman–Crippen MR) is 273 cm³/mol. The number of rotatable bonds is 12. The fraction of sp³-hybridized carbons (Fsp3) is 0.536. The molecular formula is C56H64F3N9O6. The number of pyridine rings is 1. The van der Waals surface area contributed by atoms with E-state index in [9.17, 15) is 24.6 Å². The van der Waals surface area contributed by atoms with Crippen LogP contribution in [0, 0.1) is 22.5 Å². The van der Waals surface area contributed by atoms with E-state index in [1.807, 2.05) is 30.0 Å². The summed E-state index contributed by atoms with van der Waals surface area (Å²) in [6.07, 6.45) is 8.43. The Labute approximate surface area is 428 Å². The molecule has 15 nitrogen and oxygen atoms in total. The molecule has 12 rings (SSSR count). The van der Waals surface area contributed by atoms with Crippen molar-refractivity contribution in [2.75, 3.05) is 81.9 Å². The van der Waals surface area contributed by atoms with E-state index in [1.165, 1.54) is 24.4 Å². The molecule has 5 aromatic rings. The number of imide groups is 1. The first-order valence-electron chi connectivity index (χ1n) is 26.6. The lowest BCUT2D eigenvalue weighted by atomic mass is 9.64. The minimum absolute atomic E-state index is 0.0124. The molecule has 3 aromatic carbocycles. The van der Waals surface area contributed by atoms with Crippen molar-refractivity contribution in [1.82, 2.24) is 35.0 Å². The molecular weight excluding hydrogens is 952 g/mol. The summed E-state index contributed by atoms with van der Waals surface area (Å²) in [4.78, 5) is 62.1. The summed E-state index contributed by atoms with van der Waals surface area (Å²) in [5.41, 5.74) is 0.809. The van der Waals surface area contributed by atoms with Gasteiger partial charge in [0, 0.05) is 107 Å². The van der Waals surface area contributed by atoms with Crippen LogP contribution in [-0.4, -0.2) is 147 Å². The van der Waals surface area contributed by atoms with Crippen LogP contribution in [0.3, 0.4) is 0 Å². The maximum atomic E-state index is 17.2. The van der Waals surface area contributed by atoms with Gasteiger partial charge in [-0.25, -0.2) is 13.2 Å². The molecule has 0 bridgehead atoms. The number of aryl methyl sites for hydroxylation is 1. The minimum Gasteiger partial charge on any atom is -0.508 e. The van der Waals surface area contributed by atoms with Crippen LogP contribution in [0.1, 0.15) is 99.5 Å². The van der Waals surface area contributed by atoms with Crippen molar-refractivity contribution in [2.45, 2.75) is 108 Å². The number of anilines is 2. The van der Waals surface area contributed by atoms with E-state index in [1.54, 1.807) is 17.9 Å². The number of ether oxygens (including phenoxy) is 1. The van der Waals surface area contributed by atoms with Crippen LogP contribution in [0.25, 0.3) is 32.9 Å². The lowest BCUT2D eigenvalue weighted by Gasteiger charge is -2.55. The molecule has 4 saturated heterocycles. The quantitative estimate of drug-likeness (QED) is 0.109. The number of halogens is 3. The highest BCUT2D eigenvalue weighted by atomic mass is 19.1. The molecule has 2 aliphatic carbocycles. The SMILES string of the molecule is CCc1c(F)ccc2cc(O)cc(-c3ncc4c(N5CCC[C@@](C)(O)C5)nc(OCC5(CN6CC7(CCC(F)(CN8CCN(c9ccc%10c(c9)CN([C@H]9CCC(=O)NC9=O)C%10=O)CC8)CC7)C6)CC5)nc4c3F)c12. The average molecular weight is 1020 g/mol. The number of piperidine rings is 2. The molecule has 2 saturated carbocycles. The Balaban J connectivity index is 0.668. The summed E-state index contributed by atoms with van der Waals surface area (Å²) in [7, 11) is 0. The fourth-order valence-corrected chi connectivity index (χ4v) is 13.2. The molecule has 0 radical (unpaired) electrons. The Morgan fingerprint density at radius 3 is 2.36 bits per heavy atom. The van der Waals surface area contributed by atoms with Crippen molar-refractivity contribution in [1.29, 1.82) is 0 Å².